The Morgan fingerprint density at radius 2 is 2.10 bits per heavy atom. The highest BCUT2D eigenvalue weighted by atomic mass is 19.1. The summed E-state index contributed by atoms with van der Waals surface area (Å²) in [6.07, 6.45) is 1.08. The van der Waals surface area contributed by atoms with Crippen LogP contribution in [0.5, 0.6) is 0 Å². The molecular formula is C15H23FN2O2. The van der Waals surface area contributed by atoms with E-state index < -0.39 is 11.5 Å². The summed E-state index contributed by atoms with van der Waals surface area (Å²) in [7, 11) is 0. The van der Waals surface area contributed by atoms with Crippen LogP contribution in [0, 0.1) is 12.9 Å². The molecule has 5 heteroatoms. The van der Waals surface area contributed by atoms with Gasteiger partial charge in [0.1, 0.15) is 5.60 Å². The molecule has 1 unspecified atom stereocenters. The highest BCUT2D eigenvalue weighted by Crippen LogP contribution is 2.23. The average Bonchev–Trinajstić information content (AvgIpc) is 2.31. The summed E-state index contributed by atoms with van der Waals surface area (Å²) in [6.45, 7) is 11.4. The van der Waals surface area contributed by atoms with Crippen LogP contribution in [0.2, 0.25) is 0 Å². The lowest BCUT2D eigenvalue weighted by Gasteiger charge is -2.31. The summed E-state index contributed by atoms with van der Waals surface area (Å²) >= 11 is 0. The minimum Gasteiger partial charge on any atom is -0.444 e. The first-order valence-electron chi connectivity index (χ1n) is 6.77. The third-order valence-electron chi connectivity index (χ3n) is 2.95. The highest BCUT2D eigenvalue weighted by molar-refractivity contribution is 5.68. The molecule has 1 atom stereocenters. The summed E-state index contributed by atoms with van der Waals surface area (Å²) in [5, 5.41) is 0. The van der Waals surface area contributed by atoms with E-state index >= 15 is 0 Å². The number of hydrogen-bond acceptors (Lipinski definition) is 3. The maximum absolute atomic E-state index is 13.2. The molecule has 0 aliphatic rings. The molecule has 0 fully saturated rings. The number of rotatable bonds is 3. The van der Waals surface area contributed by atoms with Crippen molar-refractivity contribution in [3.8, 4) is 0 Å². The monoisotopic (exact) mass is 282 g/mol. The van der Waals surface area contributed by atoms with Gasteiger partial charge in [0, 0.05) is 18.3 Å². The molecule has 0 N–H and O–H groups in total. The van der Waals surface area contributed by atoms with Gasteiger partial charge in [-0.2, -0.15) is 4.39 Å². The van der Waals surface area contributed by atoms with Gasteiger partial charge in [0.05, 0.1) is 6.04 Å². The molecule has 1 rings (SSSR count). The normalized spacial score (nSPS) is 12.9. The van der Waals surface area contributed by atoms with Crippen molar-refractivity contribution in [3.63, 3.8) is 0 Å². The highest BCUT2D eigenvalue weighted by Gasteiger charge is 2.26. The molecule has 0 bridgehead atoms. The quantitative estimate of drug-likeness (QED) is 0.791. The third kappa shape index (κ3) is 4.18. The van der Waals surface area contributed by atoms with Gasteiger partial charge < -0.3 is 9.64 Å². The van der Waals surface area contributed by atoms with Crippen molar-refractivity contribution < 1.29 is 13.9 Å². The molecular weight excluding hydrogens is 259 g/mol. The van der Waals surface area contributed by atoms with Crippen molar-refractivity contribution in [1.29, 1.82) is 0 Å². The fourth-order valence-electron chi connectivity index (χ4n) is 1.87. The molecule has 1 aromatic heterocycles. The van der Waals surface area contributed by atoms with Crippen LogP contribution < -0.4 is 0 Å². The first-order chi connectivity index (χ1) is 9.15. The SMILES string of the molecule is CCN(C(=O)OC(C)(C)C)C(C)c1cnc(F)c(C)c1. The molecule has 0 aliphatic heterocycles. The Labute approximate surface area is 120 Å². The van der Waals surface area contributed by atoms with Crippen molar-refractivity contribution in [1.82, 2.24) is 9.88 Å². The van der Waals surface area contributed by atoms with E-state index in [2.05, 4.69) is 4.98 Å². The zero-order valence-electron chi connectivity index (χ0n) is 13.0. The van der Waals surface area contributed by atoms with Gasteiger partial charge in [-0.3, -0.25) is 0 Å². The molecule has 1 heterocycles. The molecule has 1 amide bonds. The van der Waals surface area contributed by atoms with E-state index in [0.717, 1.165) is 5.56 Å². The van der Waals surface area contributed by atoms with E-state index in [9.17, 15) is 9.18 Å². The number of halogens is 1. The Balaban J connectivity index is 2.93. The van der Waals surface area contributed by atoms with Crippen LogP contribution in [0.15, 0.2) is 12.3 Å². The van der Waals surface area contributed by atoms with Crippen molar-refractivity contribution >= 4 is 6.09 Å². The standard InChI is InChI=1S/C15H23FN2O2/c1-7-18(14(19)20-15(4,5)6)11(3)12-8-10(2)13(16)17-9-12/h8-9,11H,7H2,1-6H3. The van der Waals surface area contributed by atoms with Crippen molar-refractivity contribution in [2.24, 2.45) is 0 Å². The van der Waals surface area contributed by atoms with E-state index in [-0.39, 0.29) is 12.1 Å². The second-order valence-corrected chi connectivity index (χ2v) is 5.82. The van der Waals surface area contributed by atoms with Crippen LogP contribution in [0.3, 0.4) is 0 Å². The number of hydrogen-bond donors (Lipinski definition) is 0. The van der Waals surface area contributed by atoms with Crippen molar-refractivity contribution in [3.05, 3.63) is 29.3 Å². The Morgan fingerprint density at radius 1 is 1.50 bits per heavy atom. The first-order valence-corrected chi connectivity index (χ1v) is 6.77. The summed E-state index contributed by atoms with van der Waals surface area (Å²) < 4.78 is 18.6. The molecule has 20 heavy (non-hydrogen) atoms. The van der Waals surface area contributed by atoms with E-state index in [4.69, 9.17) is 4.74 Å². The van der Waals surface area contributed by atoms with Gasteiger partial charge >= 0.3 is 6.09 Å². The second kappa shape index (κ2) is 6.20. The largest absolute Gasteiger partial charge is 0.444 e. The van der Waals surface area contributed by atoms with Gasteiger partial charge in [-0.15, -0.1) is 0 Å². The lowest BCUT2D eigenvalue weighted by Crippen LogP contribution is -2.38. The van der Waals surface area contributed by atoms with E-state index in [1.54, 1.807) is 17.9 Å². The van der Waals surface area contributed by atoms with E-state index in [1.807, 2.05) is 34.6 Å². The number of amides is 1. The van der Waals surface area contributed by atoms with Crippen LogP contribution in [0.25, 0.3) is 0 Å². The van der Waals surface area contributed by atoms with Crippen molar-refractivity contribution in [2.45, 2.75) is 53.2 Å². The molecule has 112 valence electrons. The molecule has 1 aromatic rings. The first kappa shape index (κ1) is 16.4. The van der Waals surface area contributed by atoms with Gasteiger partial charge in [-0.1, -0.05) is 0 Å². The predicted octanol–water partition coefficient (Wildman–Crippen LogP) is 3.85. The number of carbonyl (C=O) groups is 1. The van der Waals surface area contributed by atoms with Crippen LogP contribution in [-0.4, -0.2) is 28.1 Å². The topological polar surface area (TPSA) is 42.4 Å². The molecule has 0 radical (unpaired) electrons. The number of aryl methyl sites for hydroxylation is 1. The van der Waals surface area contributed by atoms with Gasteiger partial charge in [-0.25, -0.2) is 9.78 Å². The van der Waals surface area contributed by atoms with Crippen LogP contribution in [0.4, 0.5) is 9.18 Å². The predicted molar refractivity (Wildman–Crippen MR) is 76.0 cm³/mol. The fraction of sp³-hybridized carbons (Fsp3) is 0.600. The van der Waals surface area contributed by atoms with Gasteiger partial charge in [0.2, 0.25) is 5.95 Å². The minimum atomic E-state index is -0.540. The fourth-order valence-corrected chi connectivity index (χ4v) is 1.87. The Bertz CT molecular complexity index is 483. The Kier molecular flexibility index (Phi) is 5.09. The summed E-state index contributed by atoms with van der Waals surface area (Å²) in [5.74, 6) is -0.485. The molecule has 0 saturated heterocycles. The Morgan fingerprint density at radius 3 is 2.55 bits per heavy atom. The number of aromatic nitrogens is 1. The summed E-state index contributed by atoms with van der Waals surface area (Å²) in [4.78, 5) is 17.5. The molecule has 0 aliphatic carbocycles. The van der Waals surface area contributed by atoms with Crippen LogP contribution in [-0.2, 0) is 4.74 Å². The summed E-state index contributed by atoms with van der Waals surface area (Å²) in [6, 6.07) is 1.49. The minimum absolute atomic E-state index is 0.221. The van der Waals surface area contributed by atoms with Crippen LogP contribution >= 0.6 is 0 Å². The lowest BCUT2D eigenvalue weighted by molar-refractivity contribution is 0.0186. The number of pyridine rings is 1. The maximum atomic E-state index is 13.2. The van der Waals surface area contributed by atoms with E-state index in [0.29, 0.717) is 12.1 Å². The zero-order valence-corrected chi connectivity index (χ0v) is 13.0. The molecule has 0 saturated carbocycles. The lowest BCUT2D eigenvalue weighted by atomic mass is 10.1. The molecule has 0 aromatic carbocycles. The smallest absolute Gasteiger partial charge is 0.410 e. The number of carbonyl (C=O) groups excluding carboxylic acids is 1. The number of nitrogens with zero attached hydrogens (tertiary/aromatic N) is 2. The average molecular weight is 282 g/mol. The molecule has 4 nitrogen and oxygen atoms in total. The molecule has 0 spiro atoms. The van der Waals surface area contributed by atoms with Gasteiger partial charge in [-0.05, 0) is 53.2 Å². The van der Waals surface area contributed by atoms with Crippen molar-refractivity contribution in [2.75, 3.05) is 6.54 Å². The van der Waals surface area contributed by atoms with Gasteiger partial charge in [0.15, 0.2) is 0 Å². The van der Waals surface area contributed by atoms with Gasteiger partial charge in [0.25, 0.3) is 0 Å². The number of ether oxygens (including phenoxy) is 1. The Hall–Kier alpha value is -1.65. The zero-order chi connectivity index (χ0) is 15.5. The van der Waals surface area contributed by atoms with E-state index in [1.165, 1.54) is 6.20 Å². The van der Waals surface area contributed by atoms with Crippen LogP contribution in [0.1, 0.15) is 51.8 Å². The second-order valence-electron chi connectivity index (χ2n) is 5.82. The maximum Gasteiger partial charge on any atom is 0.410 e. The third-order valence-corrected chi connectivity index (χ3v) is 2.95. The summed E-state index contributed by atoms with van der Waals surface area (Å²) in [5.41, 5.74) is 0.715.